The Morgan fingerprint density at radius 3 is 2.25 bits per heavy atom. The lowest BCUT2D eigenvalue weighted by molar-refractivity contribution is -0.198. The van der Waals surface area contributed by atoms with Crippen LogP contribution in [-0.2, 0) is 9.22 Å². The predicted molar refractivity (Wildman–Crippen MR) is 152 cm³/mol. The average molecular weight is 519 g/mol. The second kappa shape index (κ2) is 9.39. The summed E-state index contributed by atoms with van der Waals surface area (Å²) in [4.78, 5) is 11.3. The molecule has 0 aromatic heterocycles. The van der Waals surface area contributed by atoms with Gasteiger partial charge in [-0.05, 0) is 129 Å². The molecule has 10 atom stereocenters. The van der Waals surface area contributed by atoms with Crippen molar-refractivity contribution in [2.75, 3.05) is 0 Å². The third-order valence-corrected chi connectivity index (χ3v) is 17.7. The van der Waals surface area contributed by atoms with Crippen molar-refractivity contribution in [2.24, 2.45) is 52.3 Å². The summed E-state index contributed by atoms with van der Waals surface area (Å²) in [6.07, 6.45) is 11.8. The highest BCUT2D eigenvalue weighted by molar-refractivity contribution is 6.74. The topological polar surface area (TPSA) is 46.5 Å². The van der Waals surface area contributed by atoms with E-state index in [2.05, 4.69) is 68.5 Å². The van der Waals surface area contributed by atoms with E-state index in [0.717, 1.165) is 30.1 Å². The summed E-state index contributed by atoms with van der Waals surface area (Å²) in [7, 11) is -1.91. The zero-order chi connectivity index (χ0) is 26.9. The van der Waals surface area contributed by atoms with Gasteiger partial charge in [0.25, 0.3) is 0 Å². The molecule has 0 aliphatic heterocycles. The van der Waals surface area contributed by atoms with Crippen molar-refractivity contribution >= 4 is 14.3 Å². The lowest BCUT2D eigenvalue weighted by Crippen LogP contribution is -2.65. The van der Waals surface area contributed by atoms with E-state index in [1.54, 1.807) is 0 Å². The van der Waals surface area contributed by atoms with Gasteiger partial charge in [0, 0.05) is 6.42 Å². The minimum Gasteiger partial charge on any atom is -0.481 e. The first kappa shape index (κ1) is 28.6. The van der Waals surface area contributed by atoms with E-state index in [-0.39, 0.29) is 10.6 Å². The monoisotopic (exact) mass is 518 g/mol. The Morgan fingerprint density at radius 2 is 1.64 bits per heavy atom. The number of aliphatic carboxylic acids is 1. The maximum absolute atomic E-state index is 11.3. The fourth-order valence-corrected chi connectivity index (χ4v) is 12.0. The van der Waals surface area contributed by atoms with Crippen LogP contribution in [0, 0.1) is 52.3 Å². The number of carbonyl (C=O) groups is 1. The van der Waals surface area contributed by atoms with E-state index in [1.165, 1.54) is 51.4 Å². The van der Waals surface area contributed by atoms with E-state index in [9.17, 15) is 9.90 Å². The first-order valence-electron chi connectivity index (χ1n) is 15.4. The molecule has 1 N–H and O–H groups in total. The van der Waals surface area contributed by atoms with E-state index < -0.39 is 14.3 Å². The van der Waals surface area contributed by atoms with Crippen molar-refractivity contribution < 1.29 is 14.3 Å². The third-order valence-electron chi connectivity index (χ3n) is 13.1. The van der Waals surface area contributed by atoms with Crippen LogP contribution < -0.4 is 0 Å². The molecular weight excluding hydrogens is 460 g/mol. The van der Waals surface area contributed by atoms with Crippen LogP contribution in [0.15, 0.2) is 0 Å². The van der Waals surface area contributed by atoms with Gasteiger partial charge in [0.15, 0.2) is 8.32 Å². The molecule has 0 aromatic carbocycles. The van der Waals surface area contributed by atoms with Gasteiger partial charge in [0.05, 0.1) is 5.60 Å². The standard InChI is InChI=1S/C32H58O3Si/c1-21-15-17-31(7)26-16-18-30(6)24(22(2)11-14-28(33)34)12-13-25(30)23(26)20-32(8,27(31)19-21)35-36(9,10)29(3,4)5/h21-27H,11-20H2,1-10H3,(H,33,34)/t21-,22?,23?,24?,25?,26?,27-,30-,31-,32+/m1/s1. The summed E-state index contributed by atoms with van der Waals surface area (Å²) in [5.74, 6) is 4.37. The van der Waals surface area contributed by atoms with Gasteiger partial charge in [-0.3, -0.25) is 4.79 Å². The number of hydrogen-bond acceptors (Lipinski definition) is 2. The normalized spacial score (nSPS) is 45.9. The second-order valence-corrected chi connectivity index (χ2v) is 21.1. The van der Waals surface area contributed by atoms with Crippen molar-refractivity contribution in [1.29, 1.82) is 0 Å². The molecule has 0 saturated heterocycles. The van der Waals surface area contributed by atoms with Gasteiger partial charge in [-0.15, -0.1) is 0 Å². The molecule has 4 aliphatic carbocycles. The summed E-state index contributed by atoms with van der Waals surface area (Å²) < 4.78 is 7.56. The first-order valence-corrected chi connectivity index (χ1v) is 18.3. The Morgan fingerprint density at radius 1 is 1.03 bits per heavy atom. The van der Waals surface area contributed by atoms with Crippen molar-refractivity contribution in [2.45, 2.75) is 143 Å². The summed E-state index contributed by atoms with van der Waals surface area (Å²) in [6.45, 7) is 24.8. The predicted octanol–water partition coefficient (Wildman–Crippen LogP) is 9.17. The highest BCUT2D eigenvalue weighted by Gasteiger charge is 2.66. The Bertz CT molecular complexity index is 832. The zero-order valence-electron chi connectivity index (χ0n) is 25.4. The third kappa shape index (κ3) is 4.67. The Labute approximate surface area is 224 Å². The summed E-state index contributed by atoms with van der Waals surface area (Å²) in [5, 5.41) is 9.54. The van der Waals surface area contributed by atoms with Gasteiger partial charge >= 0.3 is 5.97 Å². The van der Waals surface area contributed by atoms with E-state index in [0.29, 0.717) is 35.0 Å². The lowest BCUT2D eigenvalue weighted by Gasteiger charge is -2.67. The van der Waals surface area contributed by atoms with Crippen LogP contribution in [-0.4, -0.2) is 25.0 Å². The van der Waals surface area contributed by atoms with E-state index >= 15 is 0 Å². The van der Waals surface area contributed by atoms with Gasteiger partial charge in [-0.2, -0.15) is 0 Å². The van der Waals surface area contributed by atoms with Crippen LogP contribution in [0.25, 0.3) is 0 Å². The molecular formula is C32H58O3Si. The molecule has 0 bridgehead atoms. The van der Waals surface area contributed by atoms with Crippen molar-refractivity contribution in [3.63, 3.8) is 0 Å². The van der Waals surface area contributed by atoms with Gasteiger partial charge < -0.3 is 9.53 Å². The Hall–Kier alpha value is -0.353. The molecule has 0 aromatic rings. The molecule has 4 saturated carbocycles. The minimum absolute atomic E-state index is 0.0289. The van der Waals surface area contributed by atoms with Crippen LogP contribution in [0.5, 0.6) is 0 Å². The van der Waals surface area contributed by atoms with Crippen LogP contribution in [0.4, 0.5) is 0 Å². The van der Waals surface area contributed by atoms with Crippen LogP contribution in [0.2, 0.25) is 18.1 Å². The summed E-state index contributed by atoms with van der Waals surface area (Å²) in [6, 6.07) is 0. The quantitative estimate of drug-likeness (QED) is 0.356. The molecule has 208 valence electrons. The van der Waals surface area contributed by atoms with E-state index in [1.807, 2.05) is 0 Å². The number of fused-ring (bicyclic) bond motifs is 5. The van der Waals surface area contributed by atoms with Gasteiger partial charge in [-0.25, -0.2) is 0 Å². The molecule has 0 amide bonds. The molecule has 4 aliphatic rings. The molecule has 0 spiro atoms. The molecule has 36 heavy (non-hydrogen) atoms. The zero-order valence-corrected chi connectivity index (χ0v) is 26.4. The summed E-state index contributed by atoms with van der Waals surface area (Å²) in [5.41, 5.74) is 0.724. The fraction of sp³-hybridized carbons (Fsp3) is 0.969. The molecule has 0 radical (unpaired) electrons. The van der Waals surface area contributed by atoms with Gasteiger partial charge in [0.2, 0.25) is 0 Å². The smallest absolute Gasteiger partial charge is 0.303 e. The first-order chi connectivity index (χ1) is 16.4. The molecule has 4 heteroatoms. The van der Waals surface area contributed by atoms with Crippen LogP contribution >= 0.6 is 0 Å². The van der Waals surface area contributed by atoms with E-state index in [4.69, 9.17) is 4.43 Å². The Balaban J connectivity index is 1.68. The fourth-order valence-electron chi connectivity index (χ4n) is 10.3. The lowest BCUT2D eigenvalue weighted by atomic mass is 9.41. The molecule has 4 fully saturated rings. The number of hydrogen-bond donors (Lipinski definition) is 1. The maximum Gasteiger partial charge on any atom is 0.303 e. The summed E-state index contributed by atoms with van der Waals surface area (Å²) >= 11 is 0. The molecule has 0 heterocycles. The minimum atomic E-state index is -1.91. The van der Waals surface area contributed by atoms with Crippen molar-refractivity contribution in [1.82, 2.24) is 0 Å². The average Bonchev–Trinajstić information content (AvgIpc) is 3.10. The highest BCUT2D eigenvalue weighted by Crippen LogP contribution is 2.71. The number of rotatable bonds is 6. The van der Waals surface area contributed by atoms with Crippen LogP contribution in [0.1, 0.15) is 120 Å². The van der Waals surface area contributed by atoms with Gasteiger partial charge in [0.1, 0.15) is 0 Å². The van der Waals surface area contributed by atoms with Crippen molar-refractivity contribution in [3.8, 4) is 0 Å². The second-order valence-electron chi connectivity index (χ2n) is 16.3. The number of carboxylic acids is 1. The largest absolute Gasteiger partial charge is 0.481 e. The Kier molecular flexibility index (Phi) is 7.47. The van der Waals surface area contributed by atoms with Crippen molar-refractivity contribution in [3.05, 3.63) is 0 Å². The molecule has 5 unspecified atom stereocenters. The maximum atomic E-state index is 11.3. The molecule has 3 nitrogen and oxygen atoms in total. The SMILES string of the molecule is CC(CCC(=O)O)C1CCC2C3C[C@](C)(O[Si](C)(C)C(C)(C)C)[C@@H]4C[C@H](C)CC[C@]4(C)C3CC[C@]12C. The van der Waals surface area contributed by atoms with Gasteiger partial charge in [-0.1, -0.05) is 54.9 Å². The highest BCUT2D eigenvalue weighted by atomic mass is 28.4. The molecule has 4 rings (SSSR count). The van der Waals surface area contributed by atoms with Crippen LogP contribution in [0.3, 0.4) is 0 Å². The number of carboxylic acid groups (broad SMARTS) is 1.